The summed E-state index contributed by atoms with van der Waals surface area (Å²) in [6, 6.07) is 7.69. The summed E-state index contributed by atoms with van der Waals surface area (Å²) in [4.78, 5) is 11.7. The molecule has 0 radical (unpaired) electrons. The van der Waals surface area contributed by atoms with Gasteiger partial charge in [0.05, 0.1) is 11.9 Å². The third kappa shape index (κ3) is 6.44. The maximum Gasteiger partial charge on any atom is 0.230 e. The van der Waals surface area contributed by atoms with Crippen LogP contribution in [-0.4, -0.2) is 29.1 Å². The molecule has 0 aliphatic heterocycles. The molecule has 1 atom stereocenters. The first-order chi connectivity index (χ1) is 9.50. The topological polar surface area (TPSA) is 49.3 Å². The van der Waals surface area contributed by atoms with E-state index in [0.29, 0.717) is 11.7 Å². The number of hydrogen-bond donors (Lipinski definition) is 2. The van der Waals surface area contributed by atoms with Gasteiger partial charge in [-0.05, 0) is 36.1 Å². The fourth-order valence-corrected chi connectivity index (χ4v) is 2.89. The normalized spacial score (nSPS) is 12.4. The number of carbonyl (C=O) groups is 1. The van der Waals surface area contributed by atoms with Gasteiger partial charge in [-0.25, -0.2) is 0 Å². The average molecular weight is 295 g/mol. The number of nitrogens with one attached hydrogen (secondary N) is 1. The largest absolute Gasteiger partial charge is 0.387 e. The van der Waals surface area contributed by atoms with Gasteiger partial charge in [-0.15, -0.1) is 0 Å². The highest BCUT2D eigenvalue weighted by molar-refractivity contribution is 7.99. The number of thioether (sulfide) groups is 1. The lowest BCUT2D eigenvalue weighted by atomic mass is 10.0. The third-order valence-electron chi connectivity index (χ3n) is 3.11. The Morgan fingerprint density at radius 3 is 2.70 bits per heavy atom. The molecule has 1 amide bonds. The van der Waals surface area contributed by atoms with E-state index in [2.05, 4.69) is 19.2 Å². The van der Waals surface area contributed by atoms with E-state index in [4.69, 9.17) is 0 Å². The lowest BCUT2D eigenvalue weighted by Gasteiger charge is -2.14. The fraction of sp³-hybridized carbons (Fsp3) is 0.562. The van der Waals surface area contributed by atoms with Crippen molar-refractivity contribution in [3.8, 4) is 0 Å². The van der Waals surface area contributed by atoms with E-state index in [1.165, 1.54) is 0 Å². The second-order valence-corrected chi connectivity index (χ2v) is 6.52. The molecule has 0 saturated heterocycles. The molecule has 112 valence electrons. The van der Waals surface area contributed by atoms with Crippen LogP contribution in [0.1, 0.15) is 37.5 Å². The minimum atomic E-state index is -0.638. The minimum Gasteiger partial charge on any atom is -0.387 e. The van der Waals surface area contributed by atoms with Gasteiger partial charge in [0.2, 0.25) is 5.91 Å². The molecule has 0 aromatic heterocycles. The van der Waals surface area contributed by atoms with E-state index in [1.54, 1.807) is 11.8 Å². The van der Waals surface area contributed by atoms with Gasteiger partial charge in [0.15, 0.2) is 0 Å². The first-order valence-corrected chi connectivity index (χ1v) is 8.24. The Balaban J connectivity index is 2.25. The molecule has 0 spiro atoms. The van der Waals surface area contributed by atoms with Crippen LogP contribution in [0.4, 0.5) is 0 Å². The van der Waals surface area contributed by atoms with Crippen molar-refractivity contribution in [1.29, 1.82) is 0 Å². The Morgan fingerprint density at radius 1 is 1.35 bits per heavy atom. The molecule has 1 aromatic rings. The molecule has 0 aliphatic carbocycles. The van der Waals surface area contributed by atoms with Gasteiger partial charge in [0.25, 0.3) is 0 Å². The van der Waals surface area contributed by atoms with Gasteiger partial charge in [0, 0.05) is 6.54 Å². The van der Waals surface area contributed by atoms with E-state index in [9.17, 15) is 9.90 Å². The smallest absolute Gasteiger partial charge is 0.230 e. The molecule has 2 N–H and O–H groups in total. The summed E-state index contributed by atoms with van der Waals surface area (Å²) in [6.45, 7) is 6.59. The Morgan fingerprint density at radius 2 is 2.05 bits per heavy atom. The first kappa shape index (κ1) is 17.1. The second-order valence-electron chi connectivity index (χ2n) is 5.41. The van der Waals surface area contributed by atoms with Gasteiger partial charge < -0.3 is 10.4 Å². The molecule has 20 heavy (non-hydrogen) atoms. The van der Waals surface area contributed by atoms with E-state index in [1.807, 2.05) is 31.2 Å². The summed E-state index contributed by atoms with van der Waals surface area (Å²) in [5.74, 6) is 2.14. The second kappa shape index (κ2) is 9.03. The summed E-state index contributed by atoms with van der Waals surface area (Å²) in [5, 5.41) is 12.9. The number of carbonyl (C=O) groups excluding carboxylic acids is 1. The van der Waals surface area contributed by atoms with Crippen molar-refractivity contribution in [2.24, 2.45) is 5.92 Å². The number of aliphatic hydroxyl groups excluding tert-OH is 1. The van der Waals surface area contributed by atoms with Crippen LogP contribution < -0.4 is 5.32 Å². The monoisotopic (exact) mass is 295 g/mol. The van der Waals surface area contributed by atoms with Gasteiger partial charge in [-0.1, -0.05) is 38.1 Å². The highest BCUT2D eigenvalue weighted by Gasteiger charge is 2.11. The Kier molecular flexibility index (Phi) is 7.70. The molecule has 0 fully saturated rings. The Labute approximate surface area is 126 Å². The van der Waals surface area contributed by atoms with Crippen molar-refractivity contribution in [3.05, 3.63) is 35.4 Å². The van der Waals surface area contributed by atoms with Crippen molar-refractivity contribution >= 4 is 17.7 Å². The lowest BCUT2D eigenvalue weighted by molar-refractivity contribution is -0.119. The van der Waals surface area contributed by atoms with Gasteiger partial charge >= 0.3 is 0 Å². The van der Waals surface area contributed by atoms with E-state index in [-0.39, 0.29) is 12.5 Å². The maximum atomic E-state index is 11.7. The van der Waals surface area contributed by atoms with Crippen molar-refractivity contribution in [2.45, 2.75) is 33.3 Å². The summed E-state index contributed by atoms with van der Waals surface area (Å²) in [6.07, 6.45) is 0.491. The maximum absolute atomic E-state index is 11.7. The predicted octanol–water partition coefficient (Wildman–Crippen LogP) is 2.92. The van der Waals surface area contributed by atoms with Crippen LogP contribution in [0.5, 0.6) is 0 Å². The summed E-state index contributed by atoms with van der Waals surface area (Å²) < 4.78 is 0. The van der Waals surface area contributed by atoms with Crippen LogP contribution in [0.2, 0.25) is 0 Å². The van der Waals surface area contributed by atoms with Gasteiger partial charge in [0.1, 0.15) is 0 Å². The zero-order valence-corrected chi connectivity index (χ0v) is 13.4. The van der Waals surface area contributed by atoms with E-state index >= 15 is 0 Å². The molecular weight excluding hydrogens is 270 g/mol. The van der Waals surface area contributed by atoms with Gasteiger partial charge in [-0.3, -0.25) is 4.79 Å². The van der Waals surface area contributed by atoms with Crippen LogP contribution in [0.15, 0.2) is 24.3 Å². The average Bonchev–Trinajstić information content (AvgIpc) is 2.41. The number of aryl methyl sites for hydroxylation is 1. The Bertz CT molecular complexity index is 421. The molecule has 0 saturated carbocycles. The number of benzene rings is 1. The van der Waals surface area contributed by atoms with Crippen LogP contribution in [-0.2, 0) is 4.79 Å². The predicted molar refractivity (Wildman–Crippen MR) is 85.9 cm³/mol. The number of aliphatic hydroxyl groups is 1. The molecule has 0 aliphatic rings. The molecular formula is C16H25NO2S. The number of amides is 1. The summed E-state index contributed by atoms with van der Waals surface area (Å²) in [5.41, 5.74) is 1.92. The molecule has 1 rings (SSSR count). The number of rotatable bonds is 8. The van der Waals surface area contributed by atoms with E-state index in [0.717, 1.165) is 23.3 Å². The zero-order chi connectivity index (χ0) is 15.0. The summed E-state index contributed by atoms with van der Waals surface area (Å²) in [7, 11) is 0. The summed E-state index contributed by atoms with van der Waals surface area (Å²) >= 11 is 1.65. The van der Waals surface area contributed by atoms with Crippen molar-refractivity contribution in [3.63, 3.8) is 0 Å². The van der Waals surface area contributed by atoms with Crippen LogP contribution >= 0.6 is 11.8 Å². The molecule has 0 bridgehead atoms. The van der Waals surface area contributed by atoms with Crippen LogP contribution in [0.3, 0.4) is 0 Å². The minimum absolute atomic E-state index is 0.00797. The van der Waals surface area contributed by atoms with E-state index < -0.39 is 6.10 Å². The van der Waals surface area contributed by atoms with Crippen molar-refractivity contribution in [2.75, 3.05) is 18.1 Å². The third-order valence-corrected chi connectivity index (χ3v) is 4.10. The fourth-order valence-electron chi connectivity index (χ4n) is 1.82. The first-order valence-electron chi connectivity index (χ1n) is 7.08. The molecule has 4 heteroatoms. The number of hydrogen-bond acceptors (Lipinski definition) is 3. The molecule has 1 aromatic carbocycles. The van der Waals surface area contributed by atoms with Crippen molar-refractivity contribution < 1.29 is 9.90 Å². The SMILES string of the molecule is Cc1ccccc1C(O)CNC(=O)CSCCC(C)C. The quantitative estimate of drug-likeness (QED) is 0.725. The molecule has 3 nitrogen and oxygen atoms in total. The van der Waals surface area contributed by atoms with Crippen LogP contribution in [0.25, 0.3) is 0 Å². The lowest BCUT2D eigenvalue weighted by Crippen LogP contribution is -2.30. The Hall–Kier alpha value is -1.000. The highest BCUT2D eigenvalue weighted by Crippen LogP contribution is 2.16. The van der Waals surface area contributed by atoms with Crippen molar-refractivity contribution in [1.82, 2.24) is 5.32 Å². The zero-order valence-electron chi connectivity index (χ0n) is 12.6. The van der Waals surface area contributed by atoms with Crippen LogP contribution in [0, 0.1) is 12.8 Å². The highest BCUT2D eigenvalue weighted by atomic mass is 32.2. The standard InChI is InChI=1S/C16H25NO2S/c1-12(2)8-9-20-11-16(19)17-10-15(18)14-7-5-4-6-13(14)3/h4-7,12,15,18H,8-11H2,1-3H3,(H,17,19). The molecule has 0 heterocycles. The molecule has 1 unspecified atom stereocenters. The van der Waals surface area contributed by atoms with Gasteiger partial charge in [-0.2, -0.15) is 11.8 Å².